The molecule has 0 spiro atoms. The lowest BCUT2D eigenvalue weighted by Gasteiger charge is -2.12. The number of halogens is 3. The van der Waals surface area contributed by atoms with E-state index in [4.69, 9.17) is 14.7 Å². The summed E-state index contributed by atoms with van der Waals surface area (Å²) in [5, 5.41) is 13.1. The molecule has 33 heavy (non-hydrogen) atoms. The number of alkyl halides is 3. The zero-order valence-electron chi connectivity index (χ0n) is 18.0. The van der Waals surface area contributed by atoms with Gasteiger partial charge in [0.1, 0.15) is 12.4 Å². The molecule has 3 aromatic carbocycles. The number of rotatable bonds is 8. The number of aliphatic carboxylic acids is 1. The van der Waals surface area contributed by atoms with E-state index < -0.39 is 17.7 Å². The van der Waals surface area contributed by atoms with Crippen molar-refractivity contribution in [3.05, 3.63) is 89.0 Å². The quantitative estimate of drug-likeness (QED) is 0.335. The van der Waals surface area contributed by atoms with Crippen molar-refractivity contribution in [2.75, 3.05) is 7.11 Å². The molecule has 0 aliphatic carbocycles. The number of nitrogens with zero attached hydrogens (tertiary/aromatic N) is 1. The van der Waals surface area contributed by atoms with Gasteiger partial charge in [-0.2, -0.15) is 13.2 Å². The number of hydrogen-bond acceptors (Lipinski definition) is 4. The number of carbonyl (C=O) groups is 1. The highest BCUT2D eigenvalue weighted by atomic mass is 19.4. The van der Waals surface area contributed by atoms with E-state index in [0.717, 1.165) is 23.3 Å². The van der Waals surface area contributed by atoms with E-state index in [1.165, 1.54) is 19.2 Å². The molecule has 3 rings (SSSR count). The molecular weight excluding hydrogens is 435 g/mol. The van der Waals surface area contributed by atoms with Crippen molar-refractivity contribution in [2.45, 2.75) is 26.1 Å². The van der Waals surface area contributed by atoms with Crippen LogP contribution in [-0.2, 0) is 28.8 Å². The predicted molar refractivity (Wildman–Crippen MR) is 118 cm³/mol. The van der Waals surface area contributed by atoms with Crippen molar-refractivity contribution >= 4 is 11.7 Å². The number of hydrogen-bond donors (Lipinski definition) is 1. The van der Waals surface area contributed by atoms with Crippen LogP contribution in [0.2, 0.25) is 0 Å². The van der Waals surface area contributed by atoms with Gasteiger partial charge in [-0.25, -0.2) is 0 Å². The van der Waals surface area contributed by atoms with E-state index in [9.17, 15) is 18.0 Å². The molecule has 0 atom stereocenters. The second kappa shape index (κ2) is 10.2. The summed E-state index contributed by atoms with van der Waals surface area (Å²) in [6, 6.07) is 17.4. The van der Waals surface area contributed by atoms with Gasteiger partial charge in [0, 0.05) is 5.56 Å². The second-order valence-corrected chi connectivity index (χ2v) is 7.33. The Morgan fingerprint density at radius 1 is 0.970 bits per heavy atom. The largest absolute Gasteiger partial charge is 0.496 e. The fraction of sp³-hybridized carbons (Fsp3) is 0.200. The molecule has 0 aliphatic heterocycles. The Kier molecular flexibility index (Phi) is 7.37. The van der Waals surface area contributed by atoms with Crippen LogP contribution in [-0.4, -0.2) is 23.9 Å². The van der Waals surface area contributed by atoms with Crippen LogP contribution in [0.5, 0.6) is 5.75 Å². The maximum atomic E-state index is 12.7. The maximum Gasteiger partial charge on any atom is 0.416 e. The van der Waals surface area contributed by atoms with Gasteiger partial charge in [-0.1, -0.05) is 47.6 Å². The summed E-state index contributed by atoms with van der Waals surface area (Å²) in [4.78, 5) is 16.4. The molecule has 5 nitrogen and oxygen atoms in total. The van der Waals surface area contributed by atoms with Gasteiger partial charge in [0.15, 0.2) is 0 Å². The Labute approximate surface area is 189 Å². The molecule has 0 bridgehead atoms. The number of carboxylic acids is 1. The van der Waals surface area contributed by atoms with Crippen molar-refractivity contribution in [1.82, 2.24) is 0 Å². The first kappa shape index (κ1) is 23.8. The van der Waals surface area contributed by atoms with Gasteiger partial charge >= 0.3 is 12.1 Å². The molecule has 0 fully saturated rings. The third-order valence-electron chi connectivity index (χ3n) is 4.92. The van der Waals surface area contributed by atoms with Gasteiger partial charge in [-0.15, -0.1) is 0 Å². The maximum absolute atomic E-state index is 12.7. The summed E-state index contributed by atoms with van der Waals surface area (Å²) in [7, 11) is 1.53. The van der Waals surface area contributed by atoms with Crippen LogP contribution in [0.4, 0.5) is 13.2 Å². The highest BCUT2D eigenvalue weighted by Gasteiger charge is 2.29. The average Bonchev–Trinajstić information content (AvgIpc) is 2.78. The highest BCUT2D eigenvalue weighted by molar-refractivity contribution is 6.01. The number of oxime groups is 1. The normalized spacial score (nSPS) is 11.8. The predicted octanol–water partition coefficient (Wildman–Crippen LogP) is 5.95. The fourth-order valence-electron chi connectivity index (χ4n) is 3.25. The third-order valence-corrected chi connectivity index (χ3v) is 4.92. The van der Waals surface area contributed by atoms with Crippen LogP contribution in [0.25, 0.3) is 11.1 Å². The summed E-state index contributed by atoms with van der Waals surface area (Å²) in [6.07, 6.45) is -4.46. The van der Waals surface area contributed by atoms with Gasteiger partial charge in [0.25, 0.3) is 0 Å². The van der Waals surface area contributed by atoms with Gasteiger partial charge < -0.3 is 14.7 Å². The zero-order valence-corrected chi connectivity index (χ0v) is 18.0. The SMILES string of the molecule is COc1ccc(-c2cccc(CC(=O)O)c2)cc1C(C)=NOCc1ccc(C(F)(F)F)cc1. The van der Waals surface area contributed by atoms with Crippen molar-refractivity contribution in [3.8, 4) is 16.9 Å². The van der Waals surface area contributed by atoms with Crippen LogP contribution in [0.1, 0.15) is 29.2 Å². The van der Waals surface area contributed by atoms with Crippen molar-refractivity contribution in [2.24, 2.45) is 5.16 Å². The minimum absolute atomic E-state index is 0.00865. The lowest BCUT2D eigenvalue weighted by molar-refractivity contribution is -0.138. The summed E-state index contributed by atoms with van der Waals surface area (Å²) in [6.45, 7) is 1.74. The van der Waals surface area contributed by atoms with E-state index in [2.05, 4.69) is 5.16 Å². The molecule has 0 saturated carbocycles. The fourth-order valence-corrected chi connectivity index (χ4v) is 3.25. The standard InChI is InChI=1S/C25H22F3NO4/c1-16(29-33-15-17-6-9-21(10-7-17)25(26,27)28)22-14-20(8-11-23(22)32-2)19-5-3-4-18(12-19)13-24(30)31/h3-12,14H,13,15H2,1-2H3,(H,30,31). The highest BCUT2D eigenvalue weighted by Crippen LogP contribution is 2.30. The molecule has 172 valence electrons. The Bertz CT molecular complexity index is 1160. The Balaban J connectivity index is 1.78. The van der Waals surface area contributed by atoms with Gasteiger partial charge in [0.2, 0.25) is 0 Å². The van der Waals surface area contributed by atoms with E-state index in [-0.39, 0.29) is 13.0 Å². The van der Waals surface area contributed by atoms with Crippen LogP contribution < -0.4 is 4.74 Å². The minimum Gasteiger partial charge on any atom is -0.496 e. The third kappa shape index (κ3) is 6.35. The van der Waals surface area contributed by atoms with Crippen molar-refractivity contribution < 1.29 is 32.6 Å². The molecule has 0 radical (unpaired) electrons. The number of ether oxygens (including phenoxy) is 1. The van der Waals surface area contributed by atoms with E-state index >= 15 is 0 Å². The van der Waals surface area contributed by atoms with Crippen LogP contribution >= 0.6 is 0 Å². The monoisotopic (exact) mass is 457 g/mol. The molecule has 8 heteroatoms. The van der Waals surface area contributed by atoms with Gasteiger partial charge in [-0.3, -0.25) is 4.79 Å². The second-order valence-electron chi connectivity index (χ2n) is 7.33. The molecule has 0 saturated heterocycles. The van der Waals surface area contributed by atoms with E-state index in [1.807, 2.05) is 24.3 Å². The molecule has 0 aliphatic rings. The Morgan fingerprint density at radius 2 is 1.67 bits per heavy atom. The van der Waals surface area contributed by atoms with E-state index in [0.29, 0.717) is 28.2 Å². The zero-order chi connectivity index (χ0) is 24.0. The topological polar surface area (TPSA) is 68.1 Å². The molecule has 1 N–H and O–H groups in total. The Hall–Kier alpha value is -3.81. The molecular formula is C25H22F3NO4. The molecule has 0 unspecified atom stereocenters. The average molecular weight is 457 g/mol. The Morgan fingerprint density at radius 3 is 2.30 bits per heavy atom. The van der Waals surface area contributed by atoms with Crippen molar-refractivity contribution in [3.63, 3.8) is 0 Å². The lowest BCUT2D eigenvalue weighted by atomic mass is 9.98. The van der Waals surface area contributed by atoms with Crippen LogP contribution in [0.15, 0.2) is 71.9 Å². The molecule has 0 heterocycles. The summed E-state index contributed by atoms with van der Waals surface area (Å²) < 4.78 is 43.5. The number of benzene rings is 3. The van der Waals surface area contributed by atoms with Crippen molar-refractivity contribution in [1.29, 1.82) is 0 Å². The smallest absolute Gasteiger partial charge is 0.416 e. The van der Waals surface area contributed by atoms with Gasteiger partial charge in [0.05, 0.1) is 24.8 Å². The van der Waals surface area contributed by atoms with Crippen LogP contribution in [0, 0.1) is 0 Å². The number of methoxy groups -OCH3 is 1. The minimum atomic E-state index is -4.39. The number of carboxylic acid groups (broad SMARTS) is 1. The lowest BCUT2D eigenvalue weighted by Crippen LogP contribution is -2.04. The van der Waals surface area contributed by atoms with Gasteiger partial charge in [-0.05, 0) is 53.4 Å². The summed E-state index contributed by atoms with van der Waals surface area (Å²) in [5.41, 5.74) is 3.39. The first-order valence-electron chi connectivity index (χ1n) is 9.99. The molecule has 0 amide bonds. The summed E-state index contributed by atoms with van der Waals surface area (Å²) in [5.74, 6) is -0.337. The summed E-state index contributed by atoms with van der Waals surface area (Å²) >= 11 is 0. The first-order valence-corrected chi connectivity index (χ1v) is 9.99. The van der Waals surface area contributed by atoms with E-state index in [1.54, 1.807) is 25.1 Å². The first-order chi connectivity index (χ1) is 15.7. The molecule has 0 aromatic heterocycles. The molecule has 3 aromatic rings. The van der Waals surface area contributed by atoms with Crippen LogP contribution in [0.3, 0.4) is 0 Å².